The summed E-state index contributed by atoms with van der Waals surface area (Å²) in [5, 5.41) is 3.80. The number of ether oxygens (including phenoxy) is 1. The number of hydrogen-bond donors (Lipinski definition) is 2. The zero-order chi connectivity index (χ0) is 15.7. The second kappa shape index (κ2) is 6.52. The first-order valence-corrected chi connectivity index (χ1v) is 7.89. The van der Waals surface area contributed by atoms with E-state index in [9.17, 15) is 8.78 Å². The van der Waals surface area contributed by atoms with Crippen LogP contribution in [0.2, 0.25) is 0 Å². The molecular weight excluding hydrogens is 332 g/mol. The van der Waals surface area contributed by atoms with E-state index in [-0.39, 0.29) is 17.8 Å². The molecule has 0 aromatic heterocycles. The molecule has 8 heteroatoms. The van der Waals surface area contributed by atoms with Crippen molar-refractivity contribution < 1.29 is 13.5 Å². The summed E-state index contributed by atoms with van der Waals surface area (Å²) in [6.07, 6.45) is 1.31. The van der Waals surface area contributed by atoms with Gasteiger partial charge in [0.05, 0.1) is 12.1 Å². The Morgan fingerprint density at radius 2 is 2.27 bits per heavy atom. The van der Waals surface area contributed by atoms with Crippen molar-refractivity contribution in [2.24, 2.45) is 0 Å². The zero-order valence-corrected chi connectivity index (χ0v) is 13.3. The van der Waals surface area contributed by atoms with Gasteiger partial charge in [0.2, 0.25) is 0 Å². The van der Waals surface area contributed by atoms with E-state index in [1.54, 1.807) is 0 Å². The quantitative estimate of drug-likeness (QED) is 0.643. The predicted octanol–water partition coefficient (Wildman–Crippen LogP) is 1.96. The summed E-state index contributed by atoms with van der Waals surface area (Å²) in [6, 6.07) is 2.31. The third-order valence-corrected chi connectivity index (χ3v) is 4.59. The molecule has 22 heavy (non-hydrogen) atoms. The van der Waals surface area contributed by atoms with Gasteiger partial charge in [0.15, 0.2) is 16.7 Å². The largest absolute Gasteiger partial charge is 0.488 e. The lowest BCUT2D eigenvalue weighted by atomic mass is 9.99. The van der Waals surface area contributed by atoms with E-state index in [0.717, 1.165) is 19.0 Å². The second-order valence-electron chi connectivity index (χ2n) is 5.46. The van der Waals surface area contributed by atoms with Gasteiger partial charge in [0.1, 0.15) is 12.4 Å². The molecule has 0 saturated carbocycles. The Bertz CT molecular complexity index is 589. The lowest BCUT2D eigenvalue weighted by Gasteiger charge is -2.36. The molecule has 0 radical (unpaired) electrons. The van der Waals surface area contributed by atoms with Gasteiger partial charge in [-0.2, -0.15) is 0 Å². The first-order valence-electron chi connectivity index (χ1n) is 7.10. The molecular formula is C14H16ClF2N3OS. The van der Waals surface area contributed by atoms with Crippen LogP contribution in [-0.4, -0.2) is 41.8 Å². The summed E-state index contributed by atoms with van der Waals surface area (Å²) in [6.45, 7) is 1.71. The van der Waals surface area contributed by atoms with Crippen molar-refractivity contribution in [2.75, 3.05) is 19.7 Å². The van der Waals surface area contributed by atoms with Crippen LogP contribution in [0.4, 0.5) is 8.78 Å². The molecule has 1 unspecified atom stereocenters. The van der Waals surface area contributed by atoms with Crippen LogP contribution in [0.3, 0.4) is 0 Å². The highest BCUT2D eigenvalue weighted by molar-refractivity contribution is 7.80. The van der Waals surface area contributed by atoms with Crippen molar-refractivity contribution in [2.45, 2.75) is 24.9 Å². The van der Waals surface area contributed by atoms with Gasteiger partial charge in [-0.05, 0) is 36.5 Å². The number of thiocarbonyl (C=S) groups is 1. The van der Waals surface area contributed by atoms with Gasteiger partial charge in [-0.15, -0.1) is 0 Å². The first kappa shape index (κ1) is 15.7. The number of benzene rings is 1. The number of halogens is 3. The van der Waals surface area contributed by atoms with E-state index in [1.165, 1.54) is 6.07 Å². The summed E-state index contributed by atoms with van der Waals surface area (Å²) < 4.78 is 32.6. The molecule has 3 rings (SSSR count). The summed E-state index contributed by atoms with van der Waals surface area (Å²) in [5.74, 6) is -1.10. The Morgan fingerprint density at radius 3 is 3.05 bits per heavy atom. The molecule has 1 saturated heterocycles. The van der Waals surface area contributed by atoms with Gasteiger partial charge in [-0.25, -0.2) is 13.6 Å². The number of nitrogens with one attached hydrogen (secondary N) is 2. The van der Waals surface area contributed by atoms with Crippen molar-refractivity contribution in [3.05, 3.63) is 29.3 Å². The van der Waals surface area contributed by atoms with Crippen LogP contribution >= 0.6 is 24.0 Å². The highest BCUT2D eigenvalue weighted by Crippen LogP contribution is 2.31. The summed E-state index contributed by atoms with van der Waals surface area (Å²) in [5.41, 5.74) is 0.540. The average Bonchev–Trinajstić information content (AvgIpc) is 2.85. The van der Waals surface area contributed by atoms with Crippen molar-refractivity contribution in [3.8, 4) is 5.75 Å². The Kier molecular flexibility index (Phi) is 4.65. The second-order valence-corrected chi connectivity index (χ2v) is 6.12. The Morgan fingerprint density at radius 1 is 1.45 bits per heavy atom. The Hall–Kier alpha value is -1.18. The highest BCUT2D eigenvalue weighted by Gasteiger charge is 2.36. The predicted molar refractivity (Wildman–Crippen MR) is 84.0 cm³/mol. The molecule has 0 amide bonds. The fraction of sp³-hybridized carbons (Fsp3) is 0.500. The SMILES string of the molecule is Fc1cc(F)c2c(c1)C[C@@H](N1C(=S)NCC1CCNCl)CO2. The van der Waals surface area contributed by atoms with Crippen LogP contribution < -0.4 is 14.9 Å². The van der Waals surface area contributed by atoms with Crippen LogP contribution in [-0.2, 0) is 6.42 Å². The van der Waals surface area contributed by atoms with E-state index >= 15 is 0 Å². The lowest BCUT2D eigenvalue weighted by molar-refractivity contribution is 0.150. The topological polar surface area (TPSA) is 36.5 Å². The molecule has 1 aromatic carbocycles. The standard InChI is InChI=1S/C14H16ClF2N3OS/c15-19-2-1-10-6-18-14(22)20(10)11-4-8-3-9(16)5-12(17)13(8)21-7-11/h3,5,10-11,19H,1-2,4,6-7H2,(H,18,22)/t10?,11-/m1/s1. The van der Waals surface area contributed by atoms with Crippen LogP contribution in [0.5, 0.6) is 5.75 Å². The van der Waals surface area contributed by atoms with E-state index in [0.29, 0.717) is 30.2 Å². The van der Waals surface area contributed by atoms with Crippen LogP contribution in [0.25, 0.3) is 0 Å². The van der Waals surface area contributed by atoms with Gasteiger partial charge >= 0.3 is 0 Å². The maximum absolute atomic E-state index is 13.7. The van der Waals surface area contributed by atoms with Crippen molar-refractivity contribution >= 4 is 29.1 Å². The summed E-state index contributed by atoms with van der Waals surface area (Å²) in [7, 11) is 0. The molecule has 2 atom stereocenters. The lowest BCUT2D eigenvalue weighted by Crippen LogP contribution is -2.49. The number of hydrogen-bond acceptors (Lipinski definition) is 3. The number of fused-ring (bicyclic) bond motifs is 1. The molecule has 2 aliphatic rings. The van der Waals surface area contributed by atoms with Gasteiger partial charge in [-0.1, -0.05) is 0 Å². The molecule has 2 N–H and O–H groups in total. The fourth-order valence-electron chi connectivity index (χ4n) is 3.08. The van der Waals surface area contributed by atoms with Gasteiger partial charge in [-0.3, -0.25) is 0 Å². The number of nitrogens with zero attached hydrogens (tertiary/aromatic N) is 1. The van der Waals surface area contributed by atoms with E-state index in [2.05, 4.69) is 15.1 Å². The van der Waals surface area contributed by atoms with Crippen molar-refractivity contribution in [1.82, 2.24) is 15.1 Å². The van der Waals surface area contributed by atoms with Crippen molar-refractivity contribution in [3.63, 3.8) is 0 Å². The fourth-order valence-corrected chi connectivity index (χ4v) is 3.58. The van der Waals surface area contributed by atoms with Gasteiger partial charge in [0.25, 0.3) is 0 Å². The molecule has 120 valence electrons. The van der Waals surface area contributed by atoms with E-state index in [1.807, 2.05) is 0 Å². The minimum absolute atomic E-state index is 0.0449. The molecule has 0 bridgehead atoms. The minimum atomic E-state index is -0.654. The molecule has 1 fully saturated rings. The Labute approximate surface area is 137 Å². The third-order valence-electron chi connectivity index (χ3n) is 4.04. The normalized spacial score (nSPS) is 24.0. The number of rotatable bonds is 4. The molecule has 1 aromatic rings. The average molecular weight is 348 g/mol. The molecule has 2 aliphatic heterocycles. The molecule has 0 aliphatic carbocycles. The third kappa shape index (κ3) is 2.98. The summed E-state index contributed by atoms with van der Waals surface area (Å²) in [4.78, 5) is 4.67. The monoisotopic (exact) mass is 347 g/mol. The molecule has 2 heterocycles. The van der Waals surface area contributed by atoms with Crippen molar-refractivity contribution in [1.29, 1.82) is 0 Å². The summed E-state index contributed by atoms with van der Waals surface area (Å²) >= 11 is 10.9. The highest BCUT2D eigenvalue weighted by atomic mass is 35.5. The first-order chi connectivity index (χ1) is 10.6. The van der Waals surface area contributed by atoms with Crippen LogP contribution in [0.1, 0.15) is 12.0 Å². The van der Waals surface area contributed by atoms with Gasteiger partial charge in [0, 0.05) is 31.1 Å². The van der Waals surface area contributed by atoms with Gasteiger partial charge < -0.3 is 15.0 Å². The van der Waals surface area contributed by atoms with Crippen LogP contribution in [0.15, 0.2) is 12.1 Å². The maximum Gasteiger partial charge on any atom is 0.169 e. The zero-order valence-electron chi connectivity index (χ0n) is 11.7. The van der Waals surface area contributed by atoms with Crippen LogP contribution in [0, 0.1) is 11.6 Å². The maximum atomic E-state index is 13.7. The Balaban J connectivity index is 1.79. The molecule has 0 spiro atoms. The minimum Gasteiger partial charge on any atom is -0.488 e. The van der Waals surface area contributed by atoms with E-state index in [4.69, 9.17) is 28.7 Å². The molecule has 4 nitrogen and oxygen atoms in total. The smallest absolute Gasteiger partial charge is 0.169 e. The van der Waals surface area contributed by atoms with E-state index < -0.39 is 11.6 Å².